The zero-order valence-electron chi connectivity index (χ0n) is 9.83. The van der Waals surface area contributed by atoms with Crippen LogP contribution in [-0.4, -0.2) is 0 Å². The molecular formula is C13H16ClNS. The van der Waals surface area contributed by atoms with E-state index in [9.17, 15) is 0 Å². The largest absolute Gasteiger partial charge is 1.00 e. The highest BCUT2D eigenvalue weighted by molar-refractivity contribution is 7.07. The fourth-order valence-electron chi connectivity index (χ4n) is 1.99. The third-order valence-corrected chi connectivity index (χ3v) is 3.38. The van der Waals surface area contributed by atoms with Gasteiger partial charge in [-0.2, -0.15) is 4.57 Å². The molecule has 0 aliphatic carbocycles. The molecule has 1 nitrogen and oxygen atoms in total. The van der Waals surface area contributed by atoms with Crippen LogP contribution in [0.15, 0.2) is 29.2 Å². The summed E-state index contributed by atoms with van der Waals surface area (Å²) in [7, 11) is 0. The first-order valence-electron chi connectivity index (χ1n) is 5.15. The average molecular weight is 254 g/mol. The zero-order valence-corrected chi connectivity index (χ0v) is 11.4. The van der Waals surface area contributed by atoms with E-state index >= 15 is 0 Å². The summed E-state index contributed by atoms with van der Waals surface area (Å²) in [5, 5.41) is 2.11. The second-order valence-corrected chi connectivity index (χ2v) is 4.83. The van der Waals surface area contributed by atoms with Crippen LogP contribution in [-0.2, 0) is 6.54 Å². The van der Waals surface area contributed by atoms with E-state index in [1.54, 1.807) is 11.3 Å². The number of halogens is 1. The molecule has 0 fully saturated rings. The topological polar surface area (TPSA) is 3.88 Å². The van der Waals surface area contributed by atoms with Crippen molar-refractivity contribution in [1.82, 2.24) is 0 Å². The Kier molecular flexibility index (Phi) is 4.51. The Balaban J connectivity index is 0.00000128. The quantitative estimate of drug-likeness (QED) is 0.665. The minimum atomic E-state index is 0. The van der Waals surface area contributed by atoms with Gasteiger partial charge in [0, 0.05) is 5.56 Å². The Morgan fingerprint density at radius 1 is 1.12 bits per heavy atom. The maximum Gasteiger partial charge on any atom is 0.224 e. The molecule has 2 rings (SSSR count). The van der Waals surface area contributed by atoms with Crippen molar-refractivity contribution in [3.8, 4) is 0 Å². The van der Waals surface area contributed by atoms with Crippen molar-refractivity contribution in [2.45, 2.75) is 27.3 Å². The van der Waals surface area contributed by atoms with Gasteiger partial charge in [0.2, 0.25) is 5.51 Å². The summed E-state index contributed by atoms with van der Waals surface area (Å²) in [6.45, 7) is 7.54. The van der Waals surface area contributed by atoms with Crippen LogP contribution in [0.4, 0.5) is 0 Å². The normalized spacial score (nSPS) is 9.94. The third kappa shape index (κ3) is 2.83. The smallest absolute Gasteiger partial charge is 0.224 e. The lowest BCUT2D eigenvalue weighted by Crippen LogP contribution is -3.00. The fraction of sp³-hybridized carbons (Fsp3) is 0.308. The maximum atomic E-state index is 2.26. The molecule has 1 aromatic carbocycles. The van der Waals surface area contributed by atoms with E-state index in [2.05, 4.69) is 54.6 Å². The summed E-state index contributed by atoms with van der Waals surface area (Å²) in [5.41, 5.74) is 7.74. The first kappa shape index (κ1) is 13.2. The number of hydrogen-bond acceptors (Lipinski definition) is 1. The van der Waals surface area contributed by atoms with Crippen molar-refractivity contribution in [1.29, 1.82) is 0 Å². The number of aryl methyl sites for hydroxylation is 3. The monoisotopic (exact) mass is 253 g/mol. The molecule has 0 bridgehead atoms. The van der Waals surface area contributed by atoms with Crippen LogP contribution < -0.4 is 17.0 Å². The van der Waals surface area contributed by atoms with Gasteiger partial charge in [-0.1, -0.05) is 29.0 Å². The molecule has 0 saturated carbocycles. The van der Waals surface area contributed by atoms with Gasteiger partial charge in [-0.15, -0.1) is 0 Å². The number of nitrogens with zero attached hydrogens (tertiary/aromatic N) is 1. The van der Waals surface area contributed by atoms with E-state index < -0.39 is 0 Å². The molecule has 3 heteroatoms. The lowest BCUT2D eigenvalue weighted by atomic mass is 10.00. The first-order valence-corrected chi connectivity index (χ1v) is 6.09. The zero-order chi connectivity index (χ0) is 10.8. The highest BCUT2D eigenvalue weighted by atomic mass is 35.5. The fourth-order valence-corrected chi connectivity index (χ4v) is 2.59. The number of hydrogen-bond donors (Lipinski definition) is 0. The van der Waals surface area contributed by atoms with Crippen LogP contribution >= 0.6 is 11.3 Å². The van der Waals surface area contributed by atoms with Crippen LogP contribution in [0.1, 0.15) is 22.3 Å². The van der Waals surface area contributed by atoms with Gasteiger partial charge in [-0.25, -0.2) is 0 Å². The molecule has 0 aliphatic rings. The Bertz CT molecular complexity index is 440. The number of rotatable bonds is 2. The van der Waals surface area contributed by atoms with Crippen molar-refractivity contribution in [3.63, 3.8) is 0 Å². The Hall–Kier alpha value is -0.860. The van der Waals surface area contributed by atoms with Gasteiger partial charge in [0.25, 0.3) is 0 Å². The number of thiazole rings is 1. The summed E-state index contributed by atoms with van der Waals surface area (Å²) < 4.78 is 2.23. The highest BCUT2D eigenvalue weighted by Crippen LogP contribution is 2.15. The van der Waals surface area contributed by atoms with Crippen molar-refractivity contribution in [2.24, 2.45) is 0 Å². The first-order chi connectivity index (χ1) is 7.16. The minimum absolute atomic E-state index is 0. The van der Waals surface area contributed by atoms with Crippen molar-refractivity contribution in [2.75, 3.05) is 0 Å². The van der Waals surface area contributed by atoms with Gasteiger partial charge in [0.1, 0.15) is 0 Å². The van der Waals surface area contributed by atoms with Crippen LogP contribution in [0.25, 0.3) is 0 Å². The Morgan fingerprint density at radius 2 is 1.75 bits per heavy atom. The van der Waals surface area contributed by atoms with Crippen molar-refractivity contribution < 1.29 is 17.0 Å². The van der Waals surface area contributed by atoms with Gasteiger partial charge >= 0.3 is 0 Å². The Labute approximate surface area is 107 Å². The summed E-state index contributed by atoms with van der Waals surface area (Å²) in [6, 6.07) is 4.52. The van der Waals surface area contributed by atoms with Gasteiger partial charge in [0.15, 0.2) is 12.7 Å². The van der Waals surface area contributed by atoms with Crippen LogP contribution in [0.2, 0.25) is 0 Å². The van der Waals surface area contributed by atoms with E-state index in [0.29, 0.717) is 0 Å². The molecule has 1 aromatic heterocycles. The minimum Gasteiger partial charge on any atom is -1.00 e. The van der Waals surface area contributed by atoms with Crippen molar-refractivity contribution >= 4 is 11.3 Å². The summed E-state index contributed by atoms with van der Waals surface area (Å²) in [5.74, 6) is 0. The predicted octanol–water partition coefficient (Wildman–Crippen LogP) is 0.0132. The van der Waals surface area contributed by atoms with Crippen LogP contribution in [0.5, 0.6) is 0 Å². The lowest BCUT2D eigenvalue weighted by Gasteiger charge is -2.07. The standard InChI is InChI=1S/C13H16NS.ClH/c1-10-6-11(2)13(12(3)7-10)8-14-4-5-15-9-14;/h4-7,9H,8H2,1-3H3;1H/q+1;/p-1. The van der Waals surface area contributed by atoms with Crippen LogP contribution in [0.3, 0.4) is 0 Å². The average Bonchev–Trinajstić information content (AvgIpc) is 2.63. The molecule has 86 valence electrons. The summed E-state index contributed by atoms with van der Waals surface area (Å²) in [4.78, 5) is 0. The van der Waals surface area contributed by atoms with Crippen LogP contribution in [0, 0.1) is 20.8 Å². The van der Waals surface area contributed by atoms with E-state index in [4.69, 9.17) is 0 Å². The molecule has 0 N–H and O–H groups in total. The van der Waals surface area contributed by atoms with Gasteiger partial charge < -0.3 is 12.4 Å². The third-order valence-electron chi connectivity index (χ3n) is 2.71. The molecule has 0 saturated heterocycles. The second-order valence-electron chi connectivity index (χ2n) is 4.08. The van der Waals surface area contributed by atoms with Gasteiger partial charge in [-0.3, -0.25) is 0 Å². The van der Waals surface area contributed by atoms with Crippen molar-refractivity contribution in [3.05, 3.63) is 51.5 Å². The molecular weight excluding hydrogens is 238 g/mol. The lowest BCUT2D eigenvalue weighted by molar-refractivity contribution is -0.683. The van der Waals surface area contributed by atoms with E-state index in [-0.39, 0.29) is 12.4 Å². The second kappa shape index (κ2) is 5.46. The van der Waals surface area contributed by atoms with E-state index in [1.165, 1.54) is 22.3 Å². The molecule has 0 atom stereocenters. The number of aromatic nitrogens is 1. The molecule has 16 heavy (non-hydrogen) atoms. The summed E-state index contributed by atoms with van der Waals surface area (Å²) >= 11 is 1.74. The highest BCUT2D eigenvalue weighted by Gasteiger charge is 2.09. The molecule has 0 spiro atoms. The number of benzene rings is 1. The van der Waals surface area contributed by atoms with E-state index in [0.717, 1.165) is 6.54 Å². The SMILES string of the molecule is Cc1cc(C)c(C[n+]2ccsc2)c(C)c1.[Cl-]. The molecule has 0 unspecified atom stereocenters. The van der Waals surface area contributed by atoms with E-state index in [1.807, 2.05) is 0 Å². The predicted molar refractivity (Wildman–Crippen MR) is 64.3 cm³/mol. The molecule has 2 aromatic rings. The Morgan fingerprint density at radius 3 is 2.25 bits per heavy atom. The van der Waals surface area contributed by atoms with Gasteiger partial charge in [0.05, 0.1) is 5.38 Å². The molecule has 0 radical (unpaired) electrons. The molecule has 0 aliphatic heterocycles. The molecule has 0 amide bonds. The molecule has 1 heterocycles. The van der Waals surface area contributed by atoms with Gasteiger partial charge in [-0.05, 0) is 31.9 Å². The maximum absolute atomic E-state index is 2.26. The summed E-state index contributed by atoms with van der Waals surface area (Å²) in [6.07, 6.45) is 2.13.